The van der Waals surface area contributed by atoms with Crippen LogP contribution in [0.2, 0.25) is 5.02 Å². The monoisotopic (exact) mass is 284 g/mol. The van der Waals surface area contributed by atoms with Crippen LogP contribution >= 0.6 is 11.6 Å². The Kier molecular flexibility index (Phi) is 5.25. The molecule has 5 heteroatoms. The molecular formula is C14H25ClN4. The fraction of sp³-hybridized carbons (Fsp3) is 0.786. The van der Waals surface area contributed by atoms with Gasteiger partial charge >= 0.3 is 0 Å². The molecule has 0 aliphatic carbocycles. The van der Waals surface area contributed by atoms with Gasteiger partial charge in [0.15, 0.2) is 0 Å². The van der Waals surface area contributed by atoms with Gasteiger partial charge in [-0.25, -0.2) is 0 Å². The summed E-state index contributed by atoms with van der Waals surface area (Å²) >= 11 is 6.24. The first-order valence-electron chi connectivity index (χ1n) is 7.22. The van der Waals surface area contributed by atoms with Gasteiger partial charge in [0.25, 0.3) is 0 Å². The number of rotatable bonds is 5. The van der Waals surface area contributed by atoms with E-state index in [1.165, 1.54) is 32.5 Å². The molecule has 1 aromatic heterocycles. The van der Waals surface area contributed by atoms with Gasteiger partial charge in [0, 0.05) is 13.6 Å². The van der Waals surface area contributed by atoms with Crippen molar-refractivity contribution in [1.82, 2.24) is 20.0 Å². The Hall–Kier alpha value is -0.580. The highest BCUT2D eigenvalue weighted by atomic mass is 35.5. The molecule has 1 N–H and O–H groups in total. The zero-order valence-electron chi connectivity index (χ0n) is 12.2. The summed E-state index contributed by atoms with van der Waals surface area (Å²) < 4.78 is 1.88. The van der Waals surface area contributed by atoms with Gasteiger partial charge < -0.3 is 10.2 Å². The number of halogens is 1. The maximum atomic E-state index is 6.24. The highest BCUT2D eigenvalue weighted by molar-refractivity contribution is 6.31. The van der Waals surface area contributed by atoms with Gasteiger partial charge in [0.2, 0.25) is 0 Å². The van der Waals surface area contributed by atoms with Crippen LogP contribution in [0, 0.1) is 12.8 Å². The van der Waals surface area contributed by atoms with Crippen molar-refractivity contribution in [2.24, 2.45) is 13.0 Å². The molecule has 0 unspecified atom stereocenters. The molecule has 4 nitrogen and oxygen atoms in total. The third-order valence-electron chi connectivity index (χ3n) is 4.14. The summed E-state index contributed by atoms with van der Waals surface area (Å²) in [6.07, 6.45) is 2.61. The molecule has 1 saturated heterocycles. The molecule has 19 heavy (non-hydrogen) atoms. The third kappa shape index (κ3) is 3.71. The van der Waals surface area contributed by atoms with E-state index < -0.39 is 0 Å². The van der Waals surface area contributed by atoms with Crippen molar-refractivity contribution in [3.63, 3.8) is 0 Å². The van der Waals surface area contributed by atoms with Crippen molar-refractivity contribution in [1.29, 1.82) is 0 Å². The first-order chi connectivity index (χ1) is 9.11. The van der Waals surface area contributed by atoms with Crippen molar-refractivity contribution >= 4 is 11.6 Å². The average Bonchev–Trinajstić information content (AvgIpc) is 2.66. The van der Waals surface area contributed by atoms with Crippen LogP contribution in [-0.4, -0.2) is 40.9 Å². The van der Waals surface area contributed by atoms with Gasteiger partial charge in [-0.05, 0) is 51.9 Å². The highest BCUT2D eigenvalue weighted by Crippen LogP contribution is 2.20. The Labute approximate surface area is 121 Å². The van der Waals surface area contributed by atoms with Crippen LogP contribution < -0.4 is 5.32 Å². The predicted octanol–water partition coefficient (Wildman–Crippen LogP) is 2.20. The van der Waals surface area contributed by atoms with E-state index in [0.29, 0.717) is 0 Å². The minimum atomic E-state index is 0.802. The molecule has 0 saturated carbocycles. The maximum absolute atomic E-state index is 6.24. The Morgan fingerprint density at radius 2 is 2.05 bits per heavy atom. The molecule has 1 aromatic rings. The molecule has 1 fully saturated rings. The molecule has 0 aromatic carbocycles. The van der Waals surface area contributed by atoms with E-state index >= 15 is 0 Å². The normalized spacial score (nSPS) is 18.1. The third-order valence-corrected chi connectivity index (χ3v) is 4.63. The molecule has 1 aliphatic heterocycles. The summed E-state index contributed by atoms with van der Waals surface area (Å²) in [6.45, 7) is 9.76. The predicted molar refractivity (Wildman–Crippen MR) is 79.5 cm³/mol. The van der Waals surface area contributed by atoms with Crippen molar-refractivity contribution in [2.45, 2.75) is 33.2 Å². The number of aryl methyl sites for hydroxylation is 2. The summed E-state index contributed by atoms with van der Waals surface area (Å²) in [7, 11) is 1.95. The molecule has 0 radical (unpaired) electrons. The number of piperidine rings is 1. The van der Waals surface area contributed by atoms with Gasteiger partial charge in [0.1, 0.15) is 0 Å². The van der Waals surface area contributed by atoms with Crippen LogP contribution in [0.5, 0.6) is 0 Å². The topological polar surface area (TPSA) is 33.1 Å². The summed E-state index contributed by atoms with van der Waals surface area (Å²) in [5.41, 5.74) is 2.00. The second kappa shape index (κ2) is 6.73. The van der Waals surface area contributed by atoms with E-state index in [0.717, 1.165) is 35.4 Å². The SMILES string of the molecule is CCN1CCC(CNCc2c(Cl)c(C)nn2C)CC1. The minimum absolute atomic E-state index is 0.802. The highest BCUT2D eigenvalue weighted by Gasteiger charge is 2.18. The van der Waals surface area contributed by atoms with Gasteiger partial charge in [-0.2, -0.15) is 5.10 Å². The number of hydrogen-bond acceptors (Lipinski definition) is 3. The molecule has 2 heterocycles. The fourth-order valence-electron chi connectivity index (χ4n) is 2.77. The zero-order chi connectivity index (χ0) is 13.8. The molecule has 2 rings (SSSR count). The van der Waals surface area contributed by atoms with Gasteiger partial charge in [-0.15, -0.1) is 0 Å². The second-order valence-corrected chi connectivity index (χ2v) is 5.86. The van der Waals surface area contributed by atoms with E-state index in [1.807, 2.05) is 18.7 Å². The molecule has 0 amide bonds. The summed E-state index contributed by atoms with van der Waals surface area (Å²) in [4.78, 5) is 2.53. The maximum Gasteiger partial charge on any atom is 0.0860 e. The zero-order valence-corrected chi connectivity index (χ0v) is 13.0. The quantitative estimate of drug-likeness (QED) is 0.900. The fourth-order valence-corrected chi connectivity index (χ4v) is 3.00. The Morgan fingerprint density at radius 3 is 2.58 bits per heavy atom. The van der Waals surface area contributed by atoms with Gasteiger partial charge in [0.05, 0.1) is 16.4 Å². The molecule has 0 spiro atoms. The summed E-state index contributed by atoms with van der Waals surface area (Å²) in [5.74, 6) is 0.802. The van der Waals surface area contributed by atoms with E-state index in [4.69, 9.17) is 11.6 Å². The summed E-state index contributed by atoms with van der Waals surface area (Å²) in [6, 6.07) is 0. The van der Waals surface area contributed by atoms with Crippen molar-refractivity contribution < 1.29 is 0 Å². The van der Waals surface area contributed by atoms with Crippen LogP contribution in [0.1, 0.15) is 31.2 Å². The number of likely N-dealkylation sites (tertiary alicyclic amines) is 1. The van der Waals surface area contributed by atoms with E-state index in [-0.39, 0.29) is 0 Å². The lowest BCUT2D eigenvalue weighted by atomic mass is 9.97. The van der Waals surface area contributed by atoms with Crippen LogP contribution in [0.3, 0.4) is 0 Å². The second-order valence-electron chi connectivity index (χ2n) is 5.48. The minimum Gasteiger partial charge on any atom is -0.311 e. The lowest BCUT2D eigenvalue weighted by Crippen LogP contribution is -2.37. The van der Waals surface area contributed by atoms with Crippen LogP contribution in [0.15, 0.2) is 0 Å². The van der Waals surface area contributed by atoms with E-state index in [1.54, 1.807) is 0 Å². The lowest BCUT2D eigenvalue weighted by molar-refractivity contribution is 0.190. The van der Waals surface area contributed by atoms with Crippen molar-refractivity contribution in [3.8, 4) is 0 Å². The largest absolute Gasteiger partial charge is 0.311 e. The standard InChI is InChI=1S/C14H25ClN4/c1-4-19-7-5-12(6-8-19)9-16-10-13-14(15)11(2)17-18(13)3/h12,16H,4-10H2,1-3H3. The van der Waals surface area contributed by atoms with Crippen LogP contribution in [-0.2, 0) is 13.6 Å². The first kappa shape index (κ1) is 14.8. The number of nitrogens with one attached hydrogen (secondary N) is 1. The molecule has 0 atom stereocenters. The van der Waals surface area contributed by atoms with Crippen molar-refractivity contribution in [2.75, 3.05) is 26.2 Å². The first-order valence-corrected chi connectivity index (χ1v) is 7.60. The molecule has 108 valence electrons. The average molecular weight is 285 g/mol. The van der Waals surface area contributed by atoms with Crippen LogP contribution in [0.25, 0.3) is 0 Å². The van der Waals surface area contributed by atoms with Gasteiger partial charge in [-0.3, -0.25) is 4.68 Å². The number of nitrogens with zero attached hydrogens (tertiary/aromatic N) is 3. The lowest BCUT2D eigenvalue weighted by Gasteiger charge is -2.31. The molecular weight excluding hydrogens is 260 g/mol. The van der Waals surface area contributed by atoms with Crippen LogP contribution in [0.4, 0.5) is 0 Å². The number of aromatic nitrogens is 2. The Balaban J connectivity index is 1.75. The van der Waals surface area contributed by atoms with E-state index in [2.05, 4.69) is 22.2 Å². The molecule has 1 aliphatic rings. The van der Waals surface area contributed by atoms with E-state index in [9.17, 15) is 0 Å². The Morgan fingerprint density at radius 1 is 1.37 bits per heavy atom. The molecule has 0 bridgehead atoms. The summed E-state index contributed by atoms with van der Waals surface area (Å²) in [5, 5.41) is 8.67. The smallest absolute Gasteiger partial charge is 0.0860 e. The van der Waals surface area contributed by atoms with Crippen molar-refractivity contribution in [3.05, 3.63) is 16.4 Å². The Bertz CT molecular complexity index is 408. The number of hydrogen-bond donors (Lipinski definition) is 1. The van der Waals surface area contributed by atoms with Gasteiger partial charge in [-0.1, -0.05) is 18.5 Å².